The van der Waals surface area contributed by atoms with Gasteiger partial charge in [0, 0.05) is 6.61 Å². The third kappa shape index (κ3) is 3.38. The van der Waals surface area contributed by atoms with Crippen LogP contribution in [0.5, 0.6) is 0 Å². The molecule has 0 amide bonds. The number of anilines is 2. The Balaban J connectivity index is 1.91. The van der Waals surface area contributed by atoms with Gasteiger partial charge in [0.1, 0.15) is 23.8 Å². The van der Waals surface area contributed by atoms with Crippen LogP contribution in [0.3, 0.4) is 0 Å². The number of nitrogens with zero attached hydrogens (tertiary/aromatic N) is 4. The number of rotatable bonds is 6. The summed E-state index contributed by atoms with van der Waals surface area (Å²) in [6.07, 6.45) is -1.06. The fraction of sp³-hybridized carbons (Fsp3) is 0.667. The lowest BCUT2D eigenvalue weighted by atomic mass is 10.1. The highest BCUT2D eigenvalue weighted by atomic mass is 16.6. The van der Waals surface area contributed by atoms with Gasteiger partial charge in [-0.2, -0.15) is 9.97 Å². The van der Waals surface area contributed by atoms with Gasteiger partial charge in [0.05, 0.1) is 19.0 Å². The first kappa shape index (κ1) is 17.8. The number of aliphatic hydroxyl groups is 1. The molecule has 4 atom stereocenters. The second-order valence-corrected chi connectivity index (χ2v) is 6.15. The standard InChI is InChI=1S/C15H24N6O4/c1-4-23-11-8(5-24-7(2)3)25-14(10(11)22)21-6-18-9-12(16)19-15(17)20-13(9)21/h6-8,10-11,14,22H,4-5H2,1-3H3,(H4,16,17,19,20)/t8-,10?,11?,14-/m1/s1. The molecule has 0 saturated carbocycles. The van der Waals surface area contributed by atoms with Crippen LogP contribution in [0.4, 0.5) is 11.8 Å². The van der Waals surface area contributed by atoms with E-state index in [1.54, 1.807) is 4.57 Å². The van der Waals surface area contributed by atoms with E-state index >= 15 is 0 Å². The molecule has 2 aromatic heterocycles. The fourth-order valence-electron chi connectivity index (χ4n) is 2.91. The third-order valence-corrected chi connectivity index (χ3v) is 4.00. The highest BCUT2D eigenvalue weighted by Crippen LogP contribution is 2.34. The summed E-state index contributed by atoms with van der Waals surface area (Å²) < 4.78 is 18.9. The van der Waals surface area contributed by atoms with E-state index in [4.69, 9.17) is 25.7 Å². The zero-order valence-corrected chi connectivity index (χ0v) is 14.5. The van der Waals surface area contributed by atoms with E-state index < -0.39 is 24.5 Å². The van der Waals surface area contributed by atoms with Gasteiger partial charge in [0.2, 0.25) is 5.95 Å². The summed E-state index contributed by atoms with van der Waals surface area (Å²) in [5.41, 5.74) is 12.3. The van der Waals surface area contributed by atoms with Crippen LogP contribution in [0.15, 0.2) is 6.33 Å². The molecule has 1 aliphatic heterocycles. The second kappa shape index (κ2) is 7.08. The minimum atomic E-state index is -0.921. The van der Waals surface area contributed by atoms with Gasteiger partial charge >= 0.3 is 0 Å². The minimum Gasteiger partial charge on any atom is -0.386 e. The van der Waals surface area contributed by atoms with E-state index in [1.165, 1.54) is 6.33 Å². The van der Waals surface area contributed by atoms with Crippen LogP contribution in [0, 0.1) is 0 Å². The lowest BCUT2D eigenvalue weighted by molar-refractivity contribution is -0.0843. The zero-order valence-electron chi connectivity index (χ0n) is 14.5. The Bertz CT molecular complexity index is 736. The van der Waals surface area contributed by atoms with Crippen molar-refractivity contribution < 1.29 is 19.3 Å². The maximum Gasteiger partial charge on any atom is 0.224 e. The molecule has 138 valence electrons. The molecule has 1 aliphatic rings. The summed E-state index contributed by atoms with van der Waals surface area (Å²) in [6, 6.07) is 0. The molecule has 25 heavy (non-hydrogen) atoms. The van der Waals surface area contributed by atoms with Crippen LogP contribution in [0.25, 0.3) is 11.2 Å². The summed E-state index contributed by atoms with van der Waals surface area (Å²) in [5.74, 6) is 0.204. The molecule has 2 unspecified atom stereocenters. The SMILES string of the molecule is CCOC1C(O)[C@H](n2cnc3c(N)nc(N)nc32)O[C@@H]1COC(C)C. The Morgan fingerprint density at radius 3 is 2.80 bits per heavy atom. The highest BCUT2D eigenvalue weighted by molar-refractivity contribution is 5.82. The van der Waals surface area contributed by atoms with Crippen LogP contribution in [0.1, 0.15) is 27.0 Å². The highest BCUT2D eigenvalue weighted by Gasteiger charge is 2.46. The minimum absolute atomic E-state index is 0.0280. The summed E-state index contributed by atoms with van der Waals surface area (Å²) >= 11 is 0. The molecule has 3 rings (SSSR count). The van der Waals surface area contributed by atoms with Crippen LogP contribution in [-0.2, 0) is 14.2 Å². The van der Waals surface area contributed by atoms with E-state index in [9.17, 15) is 5.11 Å². The molecular formula is C15H24N6O4. The number of aliphatic hydroxyl groups excluding tert-OH is 1. The number of imidazole rings is 1. The van der Waals surface area contributed by atoms with E-state index in [0.717, 1.165) is 0 Å². The first-order valence-electron chi connectivity index (χ1n) is 8.24. The van der Waals surface area contributed by atoms with Crippen LogP contribution in [-0.4, -0.2) is 62.3 Å². The van der Waals surface area contributed by atoms with Gasteiger partial charge in [0.15, 0.2) is 17.7 Å². The maximum atomic E-state index is 10.7. The van der Waals surface area contributed by atoms with Crippen molar-refractivity contribution in [1.82, 2.24) is 19.5 Å². The van der Waals surface area contributed by atoms with Gasteiger partial charge in [-0.1, -0.05) is 0 Å². The first-order chi connectivity index (χ1) is 11.9. The molecule has 0 aromatic carbocycles. The van der Waals surface area contributed by atoms with Gasteiger partial charge in [-0.05, 0) is 20.8 Å². The number of nitrogens with two attached hydrogens (primary N) is 2. The summed E-state index contributed by atoms with van der Waals surface area (Å²) in [7, 11) is 0. The van der Waals surface area contributed by atoms with Gasteiger partial charge in [-0.25, -0.2) is 4.98 Å². The van der Waals surface area contributed by atoms with Crippen molar-refractivity contribution in [2.75, 3.05) is 24.7 Å². The lowest BCUT2D eigenvalue weighted by Gasteiger charge is -2.20. The van der Waals surface area contributed by atoms with Crippen LogP contribution < -0.4 is 11.5 Å². The van der Waals surface area contributed by atoms with E-state index in [2.05, 4.69) is 15.0 Å². The first-order valence-corrected chi connectivity index (χ1v) is 8.24. The predicted octanol–water partition coefficient (Wildman–Crippen LogP) is 0.0791. The Morgan fingerprint density at radius 2 is 2.12 bits per heavy atom. The Hall–Kier alpha value is -2.01. The Morgan fingerprint density at radius 1 is 1.36 bits per heavy atom. The molecule has 1 fully saturated rings. The molecule has 5 N–H and O–H groups in total. The molecule has 0 spiro atoms. The molecule has 1 saturated heterocycles. The molecule has 3 heterocycles. The number of ether oxygens (including phenoxy) is 3. The van der Waals surface area contributed by atoms with Crippen LogP contribution >= 0.6 is 0 Å². The number of fused-ring (bicyclic) bond motifs is 1. The average molecular weight is 352 g/mol. The lowest BCUT2D eigenvalue weighted by Crippen LogP contribution is -2.37. The van der Waals surface area contributed by atoms with Crippen molar-refractivity contribution in [1.29, 1.82) is 0 Å². The smallest absolute Gasteiger partial charge is 0.224 e. The summed E-state index contributed by atoms with van der Waals surface area (Å²) in [4.78, 5) is 12.3. The number of hydrogen-bond acceptors (Lipinski definition) is 9. The zero-order chi connectivity index (χ0) is 18.1. The van der Waals surface area contributed by atoms with Crippen LogP contribution in [0.2, 0.25) is 0 Å². The van der Waals surface area contributed by atoms with E-state index in [1.807, 2.05) is 20.8 Å². The monoisotopic (exact) mass is 352 g/mol. The largest absolute Gasteiger partial charge is 0.386 e. The second-order valence-electron chi connectivity index (χ2n) is 6.15. The predicted molar refractivity (Wildman–Crippen MR) is 90.6 cm³/mol. The molecule has 10 heteroatoms. The van der Waals surface area contributed by atoms with Gasteiger partial charge in [-0.3, -0.25) is 4.57 Å². The van der Waals surface area contributed by atoms with Crippen molar-refractivity contribution in [2.24, 2.45) is 0 Å². The van der Waals surface area contributed by atoms with Crippen molar-refractivity contribution in [3.8, 4) is 0 Å². The molecular weight excluding hydrogens is 328 g/mol. The molecule has 0 radical (unpaired) electrons. The van der Waals surface area contributed by atoms with Gasteiger partial charge in [0.25, 0.3) is 0 Å². The number of aromatic nitrogens is 4. The number of nitrogen functional groups attached to an aromatic ring is 2. The Labute approximate surface area is 145 Å². The average Bonchev–Trinajstić information content (AvgIpc) is 3.08. The fourth-order valence-corrected chi connectivity index (χ4v) is 2.91. The molecule has 10 nitrogen and oxygen atoms in total. The normalized spacial score (nSPS) is 26.8. The summed E-state index contributed by atoms with van der Waals surface area (Å²) in [5, 5.41) is 10.7. The Kier molecular flexibility index (Phi) is 5.04. The molecule has 2 aromatic rings. The maximum absolute atomic E-state index is 10.7. The van der Waals surface area contributed by atoms with E-state index in [0.29, 0.717) is 24.4 Å². The van der Waals surface area contributed by atoms with E-state index in [-0.39, 0.29) is 17.9 Å². The number of hydrogen-bond donors (Lipinski definition) is 3. The molecule has 0 aliphatic carbocycles. The molecule has 0 bridgehead atoms. The van der Waals surface area contributed by atoms with Gasteiger partial charge < -0.3 is 30.8 Å². The van der Waals surface area contributed by atoms with Crippen molar-refractivity contribution in [3.63, 3.8) is 0 Å². The summed E-state index contributed by atoms with van der Waals surface area (Å²) in [6.45, 7) is 6.49. The van der Waals surface area contributed by atoms with Crippen molar-refractivity contribution in [3.05, 3.63) is 6.33 Å². The third-order valence-electron chi connectivity index (χ3n) is 4.00. The quantitative estimate of drug-likeness (QED) is 0.658. The van der Waals surface area contributed by atoms with Gasteiger partial charge in [-0.15, -0.1) is 0 Å². The van der Waals surface area contributed by atoms with Crippen molar-refractivity contribution >= 4 is 22.9 Å². The van der Waals surface area contributed by atoms with Crippen molar-refractivity contribution in [2.45, 2.75) is 51.4 Å². The topological polar surface area (TPSA) is 144 Å².